The van der Waals surface area contributed by atoms with Crippen LogP contribution in [0.1, 0.15) is 12.8 Å². The van der Waals surface area contributed by atoms with Crippen molar-refractivity contribution < 1.29 is 22.7 Å². The largest absolute Gasteiger partial charge is 0.497 e. The van der Waals surface area contributed by atoms with Crippen LogP contribution in [-0.2, 0) is 19.6 Å². The Bertz CT molecular complexity index is 823. The van der Waals surface area contributed by atoms with E-state index in [9.17, 15) is 18.0 Å². The van der Waals surface area contributed by atoms with E-state index >= 15 is 0 Å². The van der Waals surface area contributed by atoms with Gasteiger partial charge in [0.15, 0.2) is 0 Å². The second-order valence-corrected chi connectivity index (χ2v) is 10.3. The Labute approximate surface area is 176 Å². The second kappa shape index (κ2) is 9.82. The van der Waals surface area contributed by atoms with Crippen molar-refractivity contribution in [2.24, 2.45) is 5.92 Å². The molecule has 29 heavy (non-hydrogen) atoms. The number of hydrogen-bond donors (Lipinski definition) is 1. The summed E-state index contributed by atoms with van der Waals surface area (Å²) < 4.78 is 32.3. The fourth-order valence-corrected chi connectivity index (χ4v) is 5.93. The fraction of sp³-hybridized carbons (Fsp3) is 0.579. The summed E-state index contributed by atoms with van der Waals surface area (Å²) in [5.41, 5.74) is 0. The molecule has 0 saturated carbocycles. The van der Waals surface area contributed by atoms with Gasteiger partial charge < -0.3 is 15.0 Å². The molecule has 0 aliphatic carbocycles. The summed E-state index contributed by atoms with van der Waals surface area (Å²) in [6.45, 7) is 1.87. The molecule has 2 amide bonds. The Morgan fingerprint density at radius 2 is 1.86 bits per heavy atom. The minimum absolute atomic E-state index is 0.0365. The van der Waals surface area contributed by atoms with Gasteiger partial charge in [-0.15, -0.1) is 0 Å². The highest BCUT2D eigenvalue weighted by molar-refractivity contribution is 7.99. The molecule has 2 aliphatic heterocycles. The summed E-state index contributed by atoms with van der Waals surface area (Å²) in [4.78, 5) is 26.7. The monoisotopic (exact) mass is 441 g/mol. The summed E-state index contributed by atoms with van der Waals surface area (Å²) in [5, 5.41) is 2.70. The van der Waals surface area contributed by atoms with Crippen molar-refractivity contribution in [1.82, 2.24) is 14.5 Å². The van der Waals surface area contributed by atoms with Gasteiger partial charge in [-0.05, 0) is 37.1 Å². The van der Waals surface area contributed by atoms with E-state index in [-0.39, 0.29) is 29.8 Å². The number of rotatable bonds is 6. The second-order valence-electron chi connectivity index (χ2n) is 7.09. The minimum atomic E-state index is -3.68. The zero-order chi connectivity index (χ0) is 20.9. The van der Waals surface area contributed by atoms with Gasteiger partial charge in [-0.25, -0.2) is 8.42 Å². The third kappa shape index (κ3) is 5.43. The van der Waals surface area contributed by atoms with Crippen molar-refractivity contribution >= 4 is 33.6 Å². The summed E-state index contributed by atoms with van der Waals surface area (Å²) in [6.07, 6.45) is 1.21. The molecule has 2 saturated heterocycles. The molecule has 0 bridgehead atoms. The number of nitrogens with one attached hydrogen (secondary N) is 1. The van der Waals surface area contributed by atoms with Gasteiger partial charge in [0.1, 0.15) is 5.75 Å². The number of nitrogens with zero attached hydrogens (tertiary/aromatic N) is 2. The summed E-state index contributed by atoms with van der Waals surface area (Å²) in [7, 11) is -2.16. The molecule has 0 unspecified atom stereocenters. The highest BCUT2D eigenvalue weighted by Gasteiger charge is 2.33. The highest BCUT2D eigenvalue weighted by Crippen LogP contribution is 2.25. The Balaban J connectivity index is 1.57. The molecule has 1 aromatic carbocycles. The lowest BCUT2D eigenvalue weighted by Gasteiger charge is -2.31. The highest BCUT2D eigenvalue weighted by atomic mass is 32.2. The zero-order valence-electron chi connectivity index (χ0n) is 16.5. The van der Waals surface area contributed by atoms with Crippen molar-refractivity contribution in [3.63, 3.8) is 0 Å². The van der Waals surface area contributed by atoms with Crippen molar-refractivity contribution in [1.29, 1.82) is 0 Å². The average Bonchev–Trinajstić information content (AvgIpc) is 2.78. The lowest BCUT2D eigenvalue weighted by Crippen LogP contribution is -2.48. The molecule has 1 N–H and O–H groups in total. The minimum Gasteiger partial charge on any atom is -0.497 e. The molecule has 0 aromatic heterocycles. The molecule has 2 heterocycles. The van der Waals surface area contributed by atoms with Crippen LogP contribution in [0.5, 0.6) is 5.75 Å². The van der Waals surface area contributed by atoms with E-state index in [1.807, 2.05) is 11.8 Å². The van der Waals surface area contributed by atoms with Gasteiger partial charge in [0.25, 0.3) is 0 Å². The summed E-state index contributed by atoms with van der Waals surface area (Å²) in [6, 6.07) is 6.22. The van der Waals surface area contributed by atoms with Crippen LogP contribution < -0.4 is 10.1 Å². The van der Waals surface area contributed by atoms with Gasteiger partial charge in [-0.2, -0.15) is 16.1 Å². The normalized spacial score (nSPS) is 20.9. The number of carbonyl (C=O) groups excluding carboxylic acids is 2. The van der Waals surface area contributed by atoms with E-state index in [1.165, 1.54) is 23.5 Å². The first-order chi connectivity index (χ1) is 13.9. The van der Waals surface area contributed by atoms with Crippen LogP contribution in [0.3, 0.4) is 0 Å². The molecule has 2 aliphatic rings. The molecular formula is C19H27N3O5S2. The predicted molar refractivity (Wildman–Crippen MR) is 111 cm³/mol. The van der Waals surface area contributed by atoms with Gasteiger partial charge in [-0.3, -0.25) is 9.59 Å². The topological polar surface area (TPSA) is 96.0 Å². The number of methoxy groups -OCH3 is 1. The van der Waals surface area contributed by atoms with Crippen LogP contribution in [0.25, 0.3) is 0 Å². The average molecular weight is 442 g/mol. The molecule has 3 rings (SSSR count). The van der Waals surface area contributed by atoms with E-state index in [0.717, 1.165) is 11.5 Å². The van der Waals surface area contributed by atoms with Crippen molar-refractivity contribution in [2.75, 3.05) is 51.3 Å². The number of piperidine rings is 1. The maximum Gasteiger partial charge on any atom is 0.243 e. The molecule has 1 atom stereocenters. The van der Waals surface area contributed by atoms with Crippen molar-refractivity contribution in [2.45, 2.75) is 17.7 Å². The van der Waals surface area contributed by atoms with E-state index in [4.69, 9.17) is 4.74 Å². The lowest BCUT2D eigenvalue weighted by molar-refractivity contribution is -0.134. The van der Waals surface area contributed by atoms with Crippen molar-refractivity contribution in [3.05, 3.63) is 24.3 Å². The van der Waals surface area contributed by atoms with Crippen LogP contribution in [0.2, 0.25) is 0 Å². The van der Waals surface area contributed by atoms with Crippen LogP contribution in [-0.4, -0.2) is 80.8 Å². The first-order valence-electron chi connectivity index (χ1n) is 9.69. The molecule has 0 radical (unpaired) electrons. The van der Waals surface area contributed by atoms with E-state index in [0.29, 0.717) is 38.2 Å². The Hall–Kier alpha value is -1.78. The molecule has 10 heteroatoms. The SMILES string of the molecule is COc1ccc(S(=O)(=O)N2CCC[C@H](C(=O)NCC(=O)N3CCSCC3)C2)cc1. The molecular weight excluding hydrogens is 414 g/mol. The van der Waals surface area contributed by atoms with E-state index < -0.39 is 15.9 Å². The number of amides is 2. The van der Waals surface area contributed by atoms with Crippen LogP contribution in [0, 0.1) is 5.92 Å². The Morgan fingerprint density at radius 3 is 2.52 bits per heavy atom. The quantitative estimate of drug-likeness (QED) is 0.701. The predicted octanol–water partition coefficient (Wildman–Crippen LogP) is 0.788. The first kappa shape index (κ1) is 21.9. The standard InChI is InChI=1S/C19H27N3O5S2/c1-27-16-4-6-17(7-5-16)29(25,26)22-8-2-3-15(14-22)19(24)20-13-18(23)21-9-11-28-12-10-21/h4-7,15H,2-3,8-14H2,1H3,(H,20,24)/t15-/m0/s1. The molecule has 160 valence electrons. The zero-order valence-corrected chi connectivity index (χ0v) is 18.1. The maximum absolute atomic E-state index is 12.9. The maximum atomic E-state index is 12.9. The van der Waals surface area contributed by atoms with Crippen LogP contribution in [0.15, 0.2) is 29.2 Å². The number of benzene rings is 1. The van der Waals surface area contributed by atoms with Gasteiger partial charge in [0.2, 0.25) is 21.8 Å². The smallest absolute Gasteiger partial charge is 0.243 e. The van der Waals surface area contributed by atoms with Crippen molar-refractivity contribution in [3.8, 4) is 5.75 Å². The Kier molecular flexibility index (Phi) is 7.42. The number of thioether (sulfide) groups is 1. The lowest BCUT2D eigenvalue weighted by atomic mass is 9.99. The number of hydrogen-bond acceptors (Lipinski definition) is 6. The molecule has 2 fully saturated rings. The number of sulfonamides is 1. The Morgan fingerprint density at radius 1 is 1.17 bits per heavy atom. The van der Waals surface area contributed by atoms with Gasteiger partial charge >= 0.3 is 0 Å². The van der Waals surface area contributed by atoms with Crippen LogP contribution >= 0.6 is 11.8 Å². The van der Waals surface area contributed by atoms with Gasteiger partial charge in [0, 0.05) is 37.7 Å². The summed E-state index contributed by atoms with van der Waals surface area (Å²) >= 11 is 1.82. The molecule has 0 spiro atoms. The number of ether oxygens (including phenoxy) is 1. The first-order valence-corrected chi connectivity index (χ1v) is 12.3. The molecule has 1 aromatic rings. The fourth-order valence-electron chi connectivity index (χ4n) is 3.50. The van der Waals surface area contributed by atoms with Crippen LogP contribution in [0.4, 0.5) is 0 Å². The van der Waals surface area contributed by atoms with E-state index in [1.54, 1.807) is 17.0 Å². The van der Waals surface area contributed by atoms with E-state index in [2.05, 4.69) is 5.32 Å². The third-order valence-electron chi connectivity index (χ3n) is 5.23. The summed E-state index contributed by atoms with van der Waals surface area (Å²) in [5.74, 6) is 1.61. The van der Waals surface area contributed by atoms with Gasteiger partial charge in [-0.1, -0.05) is 0 Å². The third-order valence-corrected chi connectivity index (χ3v) is 8.05. The number of carbonyl (C=O) groups is 2. The molecule has 8 nitrogen and oxygen atoms in total. The van der Waals surface area contributed by atoms with Gasteiger partial charge in [0.05, 0.1) is 24.5 Å².